The maximum atomic E-state index is 12.4. The van der Waals surface area contributed by atoms with Crippen LogP contribution in [0.2, 0.25) is 0 Å². The number of nitrogens with zero attached hydrogens (tertiary/aromatic N) is 2. The molecule has 0 unspecified atom stereocenters. The Kier molecular flexibility index (Phi) is 5.59. The van der Waals surface area contributed by atoms with Gasteiger partial charge in [-0.15, -0.1) is 11.3 Å². The molecule has 4 rings (SSSR count). The van der Waals surface area contributed by atoms with Gasteiger partial charge >= 0.3 is 0 Å². The minimum absolute atomic E-state index is 0.167. The number of ether oxygens (including phenoxy) is 1. The molecule has 5 nitrogen and oxygen atoms in total. The SMILES string of the molecule is Cc1ccc(Oc2cc(C)c(-c3csc(NC(=O)c4ccccc4)n3)c(C)c2)nc1. The Morgan fingerprint density at radius 2 is 1.73 bits per heavy atom. The molecule has 0 bridgehead atoms. The van der Waals surface area contributed by atoms with Crippen LogP contribution in [-0.4, -0.2) is 15.9 Å². The summed E-state index contributed by atoms with van der Waals surface area (Å²) in [6, 6.07) is 16.9. The van der Waals surface area contributed by atoms with Gasteiger partial charge in [0.1, 0.15) is 5.75 Å². The molecule has 0 atom stereocenters. The monoisotopic (exact) mass is 415 g/mol. The van der Waals surface area contributed by atoms with Gasteiger partial charge < -0.3 is 4.74 Å². The van der Waals surface area contributed by atoms with E-state index in [1.165, 1.54) is 11.3 Å². The first-order chi connectivity index (χ1) is 14.5. The van der Waals surface area contributed by atoms with Gasteiger partial charge in [0.25, 0.3) is 5.91 Å². The van der Waals surface area contributed by atoms with Crippen molar-refractivity contribution in [3.8, 4) is 22.9 Å². The molecule has 6 heteroatoms. The van der Waals surface area contributed by atoms with Crippen LogP contribution in [0.15, 0.2) is 66.2 Å². The number of hydrogen-bond donors (Lipinski definition) is 1. The Hall–Kier alpha value is -3.51. The number of aryl methyl sites for hydroxylation is 3. The summed E-state index contributed by atoms with van der Waals surface area (Å²) >= 11 is 1.41. The average molecular weight is 416 g/mol. The largest absolute Gasteiger partial charge is 0.439 e. The predicted octanol–water partition coefficient (Wildman–Crippen LogP) is 6.17. The molecule has 1 amide bonds. The zero-order chi connectivity index (χ0) is 21.1. The van der Waals surface area contributed by atoms with Crippen LogP contribution in [0.4, 0.5) is 5.13 Å². The molecule has 4 aromatic rings. The van der Waals surface area contributed by atoms with Crippen molar-refractivity contribution < 1.29 is 9.53 Å². The van der Waals surface area contributed by atoms with Gasteiger partial charge in [-0.3, -0.25) is 10.1 Å². The number of hydrogen-bond acceptors (Lipinski definition) is 5. The quantitative estimate of drug-likeness (QED) is 0.423. The molecule has 0 saturated heterocycles. The van der Waals surface area contributed by atoms with Crippen LogP contribution in [0.5, 0.6) is 11.6 Å². The van der Waals surface area contributed by atoms with Crippen LogP contribution < -0.4 is 10.1 Å². The zero-order valence-corrected chi connectivity index (χ0v) is 17.8. The van der Waals surface area contributed by atoms with Crippen molar-refractivity contribution in [3.05, 3.63) is 88.4 Å². The second-order valence-electron chi connectivity index (χ2n) is 7.07. The third kappa shape index (κ3) is 4.39. The lowest BCUT2D eigenvalue weighted by atomic mass is 10.0. The van der Waals surface area contributed by atoms with Gasteiger partial charge in [-0.05, 0) is 61.7 Å². The first-order valence-corrected chi connectivity index (χ1v) is 10.4. The third-order valence-electron chi connectivity index (χ3n) is 4.63. The van der Waals surface area contributed by atoms with Gasteiger partial charge in [-0.2, -0.15) is 0 Å². The van der Waals surface area contributed by atoms with E-state index in [0.717, 1.165) is 33.7 Å². The predicted molar refractivity (Wildman–Crippen MR) is 120 cm³/mol. The van der Waals surface area contributed by atoms with Crippen LogP contribution in [-0.2, 0) is 0 Å². The number of nitrogens with one attached hydrogen (secondary N) is 1. The molecule has 2 heterocycles. The van der Waals surface area contributed by atoms with Gasteiger partial charge in [-0.1, -0.05) is 24.3 Å². The fourth-order valence-corrected chi connectivity index (χ4v) is 3.92. The molecular formula is C24H21N3O2S. The molecule has 0 aliphatic heterocycles. The molecule has 0 fully saturated rings. The summed E-state index contributed by atoms with van der Waals surface area (Å²) in [6.07, 6.45) is 1.78. The molecule has 0 aliphatic carbocycles. The number of anilines is 1. The van der Waals surface area contributed by atoms with E-state index in [9.17, 15) is 4.79 Å². The van der Waals surface area contributed by atoms with Gasteiger partial charge in [0.2, 0.25) is 5.88 Å². The standard InChI is InChI=1S/C24H21N3O2S/c1-15-9-10-21(25-13-15)29-19-11-16(2)22(17(3)12-19)20-14-30-24(26-20)27-23(28)18-7-5-4-6-8-18/h4-14H,1-3H3,(H,26,27,28). The highest BCUT2D eigenvalue weighted by Gasteiger charge is 2.14. The smallest absolute Gasteiger partial charge is 0.257 e. The zero-order valence-electron chi connectivity index (χ0n) is 17.0. The lowest BCUT2D eigenvalue weighted by molar-refractivity contribution is 0.102. The highest BCUT2D eigenvalue weighted by Crippen LogP contribution is 2.34. The molecule has 30 heavy (non-hydrogen) atoms. The Balaban J connectivity index is 1.54. The number of aromatic nitrogens is 2. The number of benzene rings is 2. The maximum absolute atomic E-state index is 12.4. The lowest BCUT2D eigenvalue weighted by Crippen LogP contribution is -2.11. The summed E-state index contributed by atoms with van der Waals surface area (Å²) in [4.78, 5) is 21.3. The lowest BCUT2D eigenvalue weighted by Gasteiger charge is -2.12. The summed E-state index contributed by atoms with van der Waals surface area (Å²) in [5, 5.41) is 5.40. The molecule has 1 N–H and O–H groups in total. The molecule has 0 radical (unpaired) electrons. The first-order valence-electron chi connectivity index (χ1n) is 9.53. The Morgan fingerprint density at radius 3 is 2.40 bits per heavy atom. The second-order valence-corrected chi connectivity index (χ2v) is 7.92. The van der Waals surface area contributed by atoms with Crippen molar-refractivity contribution in [1.82, 2.24) is 9.97 Å². The minimum Gasteiger partial charge on any atom is -0.439 e. The first kappa shape index (κ1) is 19.8. The highest BCUT2D eigenvalue weighted by molar-refractivity contribution is 7.14. The fraction of sp³-hybridized carbons (Fsp3) is 0.125. The second kappa shape index (κ2) is 8.47. The Labute approximate surface area is 179 Å². The molecule has 2 aromatic carbocycles. The number of carbonyl (C=O) groups excluding carboxylic acids is 1. The summed E-state index contributed by atoms with van der Waals surface area (Å²) in [7, 11) is 0. The molecule has 2 aromatic heterocycles. The van der Waals surface area contributed by atoms with Crippen molar-refractivity contribution in [2.75, 3.05) is 5.32 Å². The Bertz CT molecular complexity index is 1160. The van der Waals surface area contributed by atoms with E-state index < -0.39 is 0 Å². The molecule has 0 spiro atoms. The van der Waals surface area contributed by atoms with E-state index in [-0.39, 0.29) is 5.91 Å². The van der Waals surface area contributed by atoms with Crippen molar-refractivity contribution >= 4 is 22.4 Å². The maximum Gasteiger partial charge on any atom is 0.257 e. The van der Waals surface area contributed by atoms with Gasteiger partial charge in [0.15, 0.2) is 5.13 Å². The van der Waals surface area contributed by atoms with Crippen LogP contribution in [0.1, 0.15) is 27.0 Å². The number of rotatable bonds is 5. The third-order valence-corrected chi connectivity index (χ3v) is 5.39. The summed E-state index contributed by atoms with van der Waals surface area (Å²) in [5.74, 6) is 1.13. The van der Waals surface area contributed by atoms with Crippen molar-refractivity contribution in [1.29, 1.82) is 0 Å². The number of thiazole rings is 1. The summed E-state index contributed by atoms with van der Waals surface area (Å²) in [6.45, 7) is 6.04. The number of amides is 1. The van der Waals surface area contributed by atoms with E-state index in [2.05, 4.69) is 15.3 Å². The molecule has 0 aliphatic rings. The van der Waals surface area contributed by atoms with Crippen molar-refractivity contribution in [2.24, 2.45) is 0 Å². The topological polar surface area (TPSA) is 64.1 Å². The molecule has 0 saturated carbocycles. The minimum atomic E-state index is -0.167. The van der Waals surface area contributed by atoms with Crippen molar-refractivity contribution in [2.45, 2.75) is 20.8 Å². The van der Waals surface area contributed by atoms with E-state index in [1.807, 2.05) is 68.6 Å². The van der Waals surface area contributed by atoms with Gasteiger partial charge in [-0.25, -0.2) is 9.97 Å². The number of pyridine rings is 1. The molecular weight excluding hydrogens is 394 g/mol. The highest BCUT2D eigenvalue weighted by atomic mass is 32.1. The summed E-state index contributed by atoms with van der Waals surface area (Å²) in [5.41, 5.74) is 5.65. The number of carbonyl (C=O) groups is 1. The van der Waals surface area contributed by atoms with Crippen LogP contribution in [0.25, 0.3) is 11.3 Å². The van der Waals surface area contributed by atoms with E-state index >= 15 is 0 Å². The van der Waals surface area contributed by atoms with E-state index in [0.29, 0.717) is 16.6 Å². The Morgan fingerprint density at radius 1 is 1.00 bits per heavy atom. The van der Waals surface area contributed by atoms with E-state index in [1.54, 1.807) is 18.3 Å². The van der Waals surface area contributed by atoms with E-state index in [4.69, 9.17) is 4.74 Å². The van der Waals surface area contributed by atoms with Crippen molar-refractivity contribution in [3.63, 3.8) is 0 Å². The summed E-state index contributed by atoms with van der Waals surface area (Å²) < 4.78 is 5.91. The fourth-order valence-electron chi connectivity index (χ4n) is 3.23. The average Bonchev–Trinajstić information content (AvgIpc) is 3.18. The van der Waals surface area contributed by atoms with Gasteiger partial charge in [0.05, 0.1) is 5.69 Å². The van der Waals surface area contributed by atoms with Gasteiger partial charge in [0, 0.05) is 28.8 Å². The van der Waals surface area contributed by atoms with Crippen LogP contribution >= 0.6 is 11.3 Å². The van der Waals surface area contributed by atoms with Crippen LogP contribution in [0, 0.1) is 20.8 Å². The normalized spacial score (nSPS) is 10.6. The molecule has 150 valence electrons. The van der Waals surface area contributed by atoms with Crippen LogP contribution in [0.3, 0.4) is 0 Å².